The lowest BCUT2D eigenvalue weighted by Gasteiger charge is -2.37. The van der Waals surface area contributed by atoms with Gasteiger partial charge in [-0.15, -0.1) is 0 Å². The number of amides is 2. The summed E-state index contributed by atoms with van der Waals surface area (Å²) in [6.45, 7) is 8.49. The molecule has 0 aliphatic carbocycles. The zero-order chi connectivity index (χ0) is 17.9. The van der Waals surface area contributed by atoms with Crippen LogP contribution in [0.1, 0.15) is 50.0 Å². The van der Waals surface area contributed by atoms with Gasteiger partial charge in [0.1, 0.15) is 6.04 Å². The normalized spacial score (nSPS) is 18.7. The van der Waals surface area contributed by atoms with E-state index in [2.05, 4.69) is 5.32 Å². The Morgan fingerprint density at radius 3 is 2.75 bits per heavy atom. The number of piperazine rings is 1. The number of aryl methyl sites for hydroxylation is 1. The molecule has 0 unspecified atom stereocenters. The number of hydrogen-bond donors (Lipinski definition) is 2. The molecule has 1 atom stereocenters. The van der Waals surface area contributed by atoms with Gasteiger partial charge in [0.2, 0.25) is 5.91 Å². The first kappa shape index (κ1) is 18.5. The van der Waals surface area contributed by atoms with Crippen LogP contribution in [0.2, 0.25) is 0 Å². The molecule has 132 valence electrons. The van der Waals surface area contributed by atoms with Crippen molar-refractivity contribution >= 4 is 11.8 Å². The van der Waals surface area contributed by atoms with Crippen molar-refractivity contribution < 1.29 is 14.7 Å². The molecule has 1 aliphatic heterocycles. The number of benzene rings is 1. The van der Waals surface area contributed by atoms with E-state index in [1.807, 2.05) is 32.0 Å². The molecule has 1 aliphatic rings. The average Bonchev–Trinajstić information content (AvgIpc) is 2.51. The molecule has 24 heavy (non-hydrogen) atoms. The van der Waals surface area contributed by atoms with E-state index in [4.69, 9.17) is 0 Å². The molecule has 1 fully saturated rings. The molecule has 1 aromatic carbocycles. The Morgan fingerprint density at radius 2 is 2.12 bits per heavy atom. The third-order valence-electron chi connectivity index (χ3n) is 4.35. The Kier molecular flexibility index (Phi) is 5.65. The fourth-order valence-corrected chi connectivity index (χ4v) is 3.05. The number of hydrogen-bond acceptors (Lipinski definition) is 3. The van der Waals surface area contributed by atoms with Gasteiger partial charge in [-0.25, -0.2) is 0 Å². The number of nitrogens with zero attached hydrogens (tertiary/aromatic N) is 1. The second-order valence-corrected chi connectivity index (χ2v) is 7.49. The first-order valence-electron chi connectivity index (χ1n) is 8.59. The van der Waals surface area contributed by atoms with Crippen molar-refractivity contribution in [3.8, 4) is 0 Å². The Bertz CT molecular complexity index is 605. The number of rotatable bonds is 5. The minimum absolute atomic E-state index is 0.0626. The van der Waals surface area contributed by atoms with Crippen molar-refractivity contribution in [2.24, 2.45) is 5.92 Å². The van der Waals surface area contributed by atoms with Gasteiger partial charge in [0.05, 0.1) is 5.60 Å². The van der Waals surface area contributed by atoms with E-state index < -0.39 is 11.6 Å². The molecule has 5 heteroatoms. The molecule has 0 spiro atoms. The Balaban J connectivity index is 2.18. The maximum atomic E-state index is 12.9. The summed E-state index contributed by atoms with van der Waals surface area (Å²) in [6, 6.07) is 7.07. The average molecular weight is 332 g/mol. The van der Waals surface area contributed by atoms with Crippen molar-refractivity contribution in [2.75, 3.05) is 13.1 Å². The fraction of sp³-hybridized carbons (Fsp3) is 0.579. The van der Waals surface area contributed by atoms with E-state index in [1.54, 1.807) is 24.8 Å². The largest absolute Gasteiger partial charge is 0.390 e. The lowest BCUT2D eigenvalue weighted by atomic mass is 9.96. The highest BCUT2D eigenvalue weighted by atomic mass is 16.3. The molecule has 2 N–H and O–H groups in total. The lowest BCUT2D eigenvalue weighted by Crippen LogP contribution is -2.59. The van der Waals surface area contributed by atoms with Crippen LogP contribution in [0.5, 0.6) is 0 Å². The highest BCUT2D eigenvalue weighted by Crippen LogP contribution is 2.19. The highest BCUT2D eigenvalue weighted by Gasteiger charge is 2.35. The van der Waals surface area contributed by atoms with Gasteiger partial charge in [0.25, 0.3) is 5.91 Å². The van der Waals surface area contributed by atoms with Crippen LogP contribution in [0, 0.1) is 5.92 Å². The molecule has 0 saturated carbocycles. The number of aliphatic hydroxyl groups is 1. The molecule has 2 amide bonds. The summed E-state index contributed by atoms with van der Waals surface area (Å²) in [4.78, 5) is 26.7. The molecule has 1 aromatic rings. The van der Waals surface area contributed by atoms with Crippen LogP contribution in [0.15, 0.2) is 24.3 Å². The van der Waals surface area contributed by atoms with Crippen molar-refractivity contribution in [3.05, 3.63) is 35.4 Å². The van der Waals surface area contributed by atoms with Gasteiger partial charge in [-0.05, 0) is 50.3 Å². The van der Waals surface area contributed by atoms with E-state index in [1.165, 1.54) is 0 Å². The summed E-state index contributed by atoms with van der Waals surface area (Å²) in [6.07, 6.45) is 1.34. The second-order valence-electron chi connectivity index (χ2n) is 7.49. The topological polar surface area (TPSA) is 69.6 Å². The summed E-state index contributed by atoms with van der Waals surface area (Å²) >= 11 is 0. The van der Waals surface area contributed by atoms with Crippen molar-refractivity contribution in [1.82, 2.24) is 10.2 Å². The third-order valence-corrected chi connectivity index (χ3v) is 4.35. The Labute approximate surface area is 144 Å². The van der Waals surface area contributed by atoms with E-state index in [-0.39, 0.29) is 17.7 Å². The summed E-state index contributed by atoms with van der Waals surface area (Å²) < 4.78 is 0. The standard InChI is InChI=1S/C19H28N2O3/c1-13(2)16-17(22)20-10-11-21(16)18(23)15-7-5-6-14(12-15)8-9-19(3,4)24/h5-7,12-13,16,24H,8-11H2,1-4H3,(H,20,22)/t16-/m1/s1. The van der Waals surface area contributed by atoms with E-state index in [9.17, 15) is 14.7 Å². The molecule has 0 aromatic heterocycles. The maximum absolute atomic E-state index is 12.9. The molecular weight excluding hydrogens is 304 g/mol. The summed E-state index contributed by atoms with van der Waals surface area (Å²) in [7, 11) is 0. The quantitative estimate of drug-likeness (QED) is 0.866. The third kappa shape index (κ3) is 4.57. The highest BCUT2D eigenvalue weighted by molar-refractivity contribution is 5.98. The first-order valence-corrected chi connectivity index (χ1v) is 8.59. The van der Waals surface area contributed by atoms with Crippen molar-refractivity contribution in [1.29, 1.82) is 0 Å². The molecule has 0 bridgehead atoms. The fourth-order valence-electron chi connectivity index (χ4n) is 3.05. The van der Waals surface area contributed by atoms with Gasteiger partial charge in [-0.2, -0.15) is 0 Å². The number of carbonyl (C=O) groups is 2. The molecule has 0 radical (unpaired) electrons. The van der Waals surface area contributed by atoms with Gasteiger partial charge < -0.3 is 15.3 Å². The lowest BCUT2D eigenvalue weighted by molar-refractivity contribution is -0.129. The molecule has 5 nitrogen and oxygen atoms in total. The van der Waals surface area contributed by atoms with Crippen molar-refractivity contribution in [3.63, 3.8) is 0 Å². The van der Waals surface area contributed by atoms with Crippen LogP contribution < -0.4 is 5.32 Å². The molecule has 2 rings (SSSR count). The monoisotopic (exact) mass is 332 g/mol. The van der Waals surface area contributed by atoms with Gasteiger partial charge >= 0.3 is 0 Å². The smallest absolute Gasteiger partial charge is 0.254 e. The van der Waals surface area contributed by atoms with E-state index in [0.717, 1.165) is 5.56 Å². The van der Waals surface area contributed by atoms with Crippen molar-refractivity contribution in [2.45, 2.75) is 52.2 Å². The number of carbonyl (C=O) groups excluding carboxylic acids is 2. The zero-order valence-electron chi connectivity index (χ0n) is 15.0. The van der Waals surface area contributed by atoms with Crippen LogP contribution in [0.25, 0.3) is 0 Å². The first-order chi connectivity index (χ1) is 11.2. The predicted molar refractivity (Wildman–Crippen MR) is 93.7 cm³/mol. The Morgan fingerprint density at radius 1 is 1.42 bits per heavy atom. The van der Waals surface area contributed by atoms with Crippen LogP contribution >= 0.6 is 0 Å². The van der Waals surface area contributed by atoms with Gasteiger partial charge in [0, 0.05) is 18.7 Å². The zero-order valence-corrected chi connectivity index (χ0v) is 15.0. The summed E-state index contributed by atoms with van der Waals surface area (Å²) in [5.74, 6) is -0.121. The minimum Gasteiger partial charge on any atom is -0.390 e. The molecule has 1 heterocycles. The van der Waals surface area contributed by atoms with Crippen LogP contribution in [0.4, 0.5) is 0 Å². The maximum Gasteiger partial charge on any atom is 0.254 e. The molecular formula is C19H28N2O3. The van der Waals surface area contributed by atoms with E-state index >= 15 is 0 Å². The summed E-state index contributed by atoms with van der Waals surface area (Å²) in [5, 5.41) is 12.7. The summed E-state index contributed by atoms with van der Waals surface area (Å²) in [5.41, 5.74) is 0.891. The Hall–Kier alpha value is -1.88. The predicted octanol–water partition coefficient (Wildman–Crippen LogP) is 1.99. The van der Waals surface area contributed by atoms with Gasteiger partial charge in [-0.3, -0.25) is 9.59 Å². The SMILES string of the molecule is CC(C)[C@@H]1C(=O)NCCN1C(=O)c1cccc(CCC(C)(C)O)c1. The van der Waals surface area contributed by atoms with Gasteiger partial charge in [-0.1, -0.05) is 26.0 Å². The van der Waals surface area contributed by atoms with Crippen LogP contribution in [-0.2, 0) is 11.2 Å². The number of nitrogens with one attached hydrogen (secondary N) is 1. The van der Waals surface area contributed by atoms with Crippen LogP contribution in [-0.4, -0.2) is 46.6 Å². The molecule has 1 saturated heterocycles. The van der Waals surface area contributed by atoms with Gasteiger partial charge in [0.15, 0.2) is 0 Å². The van der Waals surface area contributed by atoms with Crippen LogP contribution in [0.3, 0.4) is 0 Å². The minimum atomic E-state index is -0.728. The van der Waals surface area contributed by atoms with E-state index in [0.29, 0.717) is 31.5 Å². The second kappa shape index (κ2) is 7.34.